The number of aromatic amines is 1. The number of unbranched alkanes of at least 4 members (excludes halogenated alkanes) is 1. The predicted molar refractivity (Wildman–Crippen MR) is 496 cm³/mol. The number of benzene rings is 6. The molecule has 0 aliphatic carbocycles. The number of aromatic hydroxyl groups is 2. The number of thioether (sulfide) groups is 3. The van der Waals surface area contributed by atoms with Crippen LogP contribution in [0.3, 0.4) is 0 Å². The van der Waals surface area contributed by atoms with Crippen molar-refractivity contribution in [2.45, 2.75) is 177 Å². The summed E-state index contributed by atoms with van der Waals surface area (Å²) in [6.07, 6.45) is 1.57. The van der Waals surface area contributed by atoms with Crippen LogP contribution in [0.2, 0.25) is 0 Å². The van der Waals surface area contributed by atoms with E-state index in [1.807, 2.05) is 6.92 Å². The number of hydrogen-bond acceptors (Lipinski definition) is 22. The van der Waals surface area contributed by atoms with Crippen molar-refractivity contribution in [2.75, 3.05) is 62.5 Å². The molecule has 7 aromatic rings. The zero-order valence-corrected chi connectivity index (χ0v) is 76.5. The lowest BCUT2D eigenvalue weighted by Crippen LogP contribution is -2.61. The highest BCUT2D eigenvalue weighted by Gasteiger charge is 2.45. The molecule has 6 aromatic carbocycles. The SMILES string of the molecule is CCCC[C@@H](C(=O)N1CSC[C@@H]1C(=O)N[C@H](C=O)CC(=O)O)N(C)C(=O)[C@H](Cc1ccccc1)N(C)C(=O)[C@H](Cc1ccccc1)NC(=O)CSC[C@H](NC(=O)[C@H](CC(C)C)NC(=O)[C@H](Cc1ccc(O)cc1)NC(=O)[C@H](Cc1c[nH]c2ccccc12)NC(=O)[C@H]1CSCN1C(=O)[C@H](Cc1ccc(O)cc1)NC(=O)C(Cc1ccccc1)N(C)C(=O)[C@H](C)N)C(=O)NCC(N)=O. The van der Waals surface area contributed by atoms with Crippen molar-refractivity contribution in [3.05, 3.63) is 203 Å². The zero-order chi connectivity index (χ0) is 95.1. The van der Waals surface area contributed by atoms with Gasteiger partial charge in [-0.2, -0.15) is 0 Å². The second-order valence-corrected chi connectivity index (χ2v) is 36.0. The molecule has 0 saturated carbocycles. The van der Waals surface area contributed by atoms with E-state index in [4.69, 9.17) is 11.5 Å². The molecule has 9 rings (SSSR count). The van der Waals surface area contributed by atoms with Gasteiger partial charge in [-0.3, -0.25) is 71.9 Å². The van der Waals surface area contributed by atoms with Gasteiger partial charge in [0.05, 0.1) is 42.6 Å². The average molecular weight is 1860 g/mol. The Morgan fingerprint density at radius 2 is 0.977 bits per heavy atom. The molecule has 35 nitrogen and oxygen atoms in total. The van der Waals surface area contributed by atoms with Gasteiger partial charge in [0.15, 0.2) is 0 Å². The van der Waals surface area contributed by atoms with Crippen LogP contribution in [-0.2, 0) is 115 Å². The van der Waals surface area contributed by atoms with Crippen molar-refractivity contribution in [3.63, 3.8) is 0 Å². The summed E-state index contributed by atoms with van der Waals surface area (Å²) in [5.41, 5.74) is 15.6. The number of nitrogens with two attached hydrogens (primary N) is 2. The van der Waals surface area contributed by atoms with Gasteiger partial charge in [-0.1, -0.05) is 167 Å². The Morgan fingerprint density at radius 3 is 1.52 bits per heavy atom. The number of para-hydroxylation sites is 1. The maximum absolute atomic E-state index is 15.5. The van der Waals surface area contributed by atoms with E-state index < -0.39 is 186 Å². The number of rotatable bonds is 48. The number of hydrogen-bond donors (Lipinski definition) is 14. The minimum Gasteiger partial charge on any atom is -0.508 e. The largest absolute Gasteiger partial charge is 0.508 e. The Morgan fingerprint density at radius 1 is 0.511 bits per heavy atom. The molecule has 131 heavy (non-hydrogen) atoms. The minimum atomic E-state index is -1.58. The molecule has 16 N–H and O–H groups in total. The smallest absolute Gasteiger partial charge is 0.305 e. The van der Waals surface area contributed by atoms with E-state index in [2.05, 4.69) is 47.5 Å². The number of carboxylic acid groups (broad SMARTS) is 1. The number of carbonyl (C=O) groups excluding carboxylic acids is 15. The van der Waals surface area contributed by atoms with Crippen LogP contribution in [0.5, 0.6) is 11.5 Å². The fraction of sp³-hybridized carbons (Fsp3) is 0.419. The third-order valence-corrected chi connectivity index (χ3v) is 25.5. The molecular formula is C93H116N16O19S3. The summed E-state index contributed by atoms with van der Waals surface area (Å²) in [6, 6.07) is 27.8. The second-order valence-electron chi connectivity index (χ2n) is 33.0. The molecule has 2 aliphatic heterocycles. The first kappa shape index (κ1) is 102. The van der Waals surface area contributed by atoms with E-state index in [0.29, 0.717) is 63.4 Å². The van der Waals surface area contributed by atoms with Gasteiger partial charge in [0.1, 0.15) is 84.2 Å². The number of nitrogens with one attached hydrogen (secondary N) is 9. The molecule has 1 aromatic heterocycles. The highest BCUT2D eigenvalue weighted by molar-refractivity contribution is 8.00. The normalized spacial score (nSPS) is 16.1. The first-order chi connectivity index (χ1) is 62.6. The molecule has 13 atom stereocenters. The molecule has 3 heterocycles. The predicted octanol–water partition coefficient (Wildman–Crippen LogP) is 2.60. The first-order valence-electron chi connectivity index (χ1n) is 43.1. The number of amides is 14. The Balaban J connectivity index is 0.943. The van der Waals surface area contributed by atoms with E-state index >= 15 is 33.6 Å². The quantitative estimate of drug-likeness (QED) is 0.0244. The summed E-state index contributed by atoms with van der Waals surface area (Å²) in [5.74, 6) is -13.5. The van der Waals surface area contributed by atoms with Crippen molar-refractivity contribution in [3.8, 4) is 11.5 Å². The fourth-order valence-corrected chi connectivity index (χ4v) is 18.5. The van der Waals surface area contributed by atoms with Crippen molar-refractivity contribution in [2.24, 2.45) is 17.4 Å². The number of fused-ring (bicyclic) bond motifs is 1. The van der Waals surface area contributed by atoms with Gasteiger partial charge in [-0.05, 0) is 89.4 Å². The number of aromatic nitrogens is 1. The second kappa shape index (κ2) is 49.8. The molecule has 1 unspecified atom stereocenters. The van der Waals surface area contributed by atoms with Crippen molar-refractivity contribution >= 4 is 141 Å². The molecule has 38 heteroatoms. The lowest BCUT2D eigenvalue weighted by Gasteiger charge is -2.37. The Labute approximate surface area is 772 Å². The van der Waals surface area contributed by atoms with Crippen molar-refractivity contribution in [1.82, 2.24) is 72.0 Å². The van der Waals surface area contributed by atoms with Crippen LogP contribution in [0.4, 0.5) is 0 Å². The van der Waals surface area contributed by atoms with Crippen LogP contribution < -0.4 is 54.0 Å². The molecule has 0 radical (unpaired) electrons. The molecule has 0 spiro atoms. The Hall–Kier alpha value is -12.8. The average Bonchev–Trinajstić information content (AvgIpc) is 1.79. The first-order valence-corrected chi connectivity index (χ1v) is 46.5. The van der Waals surface area contributed by atoms with Crippen LogP contribution in [0, 0.1) is 5.92 Å². The highest BCUT2D eigenvalue weighted by atomic mass is 32.2. The summed E-state index contributed by atoms with van der Waals surface area (Å²) in [4.78, 5) is 238. The van der Waals surface area contributed by atoms with E-state index in [0.717, 1.165) is 11.8 Å². The van der Waals surface area contributed by atoms with Crippen LogP contribution >= 0.6 is 35.3 Å². The monoisotopic (exact) mass is 1860 g/mol. The lowest BCUT2D eigenvalue weighted by atomic mass is 9.99. The molecule has 2 aliphatic rings. The number of H-pyrrole nitrogens is 1. The van der Waals surface area contributed by atoms with Crippen LogP contribution in [-0.4, -0.2) is 281 Å². The van der Waals surface area contributed by atoms with E-state index in [9.17, 15) is 58.5 Å². The molecular weight excluding hydrogens is 1740 g/mol. The number of aliphatic carboxylic acids is 1. The number of aldehydes is 1. The third kappa shape index (κ3) is 29.9. The molecule has 0 bridgehead atoms. The van der Waals surface area contributed by atoms with Crippen LogP contribution in [0.25, 0.3) is 10.9 Å². The summed E-state index contributed by atoms with van der Waals surface area (Å²) < 4.78 is 0. The van der Waals surface area contributed by atoms with E-state index in [1.165, 1.54) is 112 Å². The topological polar surface area (TPSA) is 514 Å². The highest BCUT2D eigenvalue weighted by Crippen LogP contribution is 2.29. The standard InChI is InChI=1S/C93H116N16O19S3/c1-8-9-29-74(93(128)109-54-131-50-77(109)87(122)98-63(48-110)45-81(115)116)105(5)92(127)76(43-59-25-17-12-18-26-59)107(7)90(125)71(40-57-21-13-10-14-22-57)99-80(114)52-129-49-73(82(117)97-47-79(95)113)104-83(118)68(38-55(2)3)100-84(119)69(39-60-30-34-64(111)35-31-60)101-85(120)70(44-62-46-96-67-28-20-19-27-66(62)67)102-88(123)78-51-130-53-108(78)91(126)72(41-61-32-36-65(112)37-33-61)103-86(121)75(106(6)89(124)56(4)94)42-58-23-15-11-16-24-58/h10-28,30-37,46,48,55-56,63,68-78,96,111-112H,8-9,29,38-45,47,49-54,94H2,1-7H3,(H2,95,113)(H,97,117)(H,98,122)(H,99,114)(H,100,119)(H,101,120)(H,102,123)(H,103,121)(H,104,118)(H,115,116)/t56-,63-,68-,69-,70-,71-,72-,73-,74-,75?,76-,77+,78+/m0/s1. The summed E-state index contributed by atoms with van der Waals surface area (Å²) >= 11 is 3.31. The number of phenols is 2. The number of nitrogens with zero attached hydrogens (tertiary/aromatic N) is 5. The van der Waals surface area contributed by atoms with Gasteiger partial charge in [0.2, 0.25) is 82.7 Å². The van der Waals surface area contributed by atoms with Crippen molar-refractivity contribution < 1.29 is 92.0 Å². The zero-order valence-electron chi connectivity index (χ0n) is 74.0. The Kier molecular flexibility index (Phi) is 38.8. The van der Waals surface area contributed by atoms with Gasteiger partial charge in [-0.15, -0.1) is 35.3 Å². The molecule has 14 amide bonds. The van der Waals surface area contributed by atoms with Gasteiger partial charge in [0.25, 0.3) is 0 Å². The summed E-state index contributed by atoms with van der Waals surface area (Å²) in [7, 11) is 4.26. The molecule has 2 fully saturated rings. The summed E-state index contributed by atoms with van der Waals surface area (Å²) in [6.45, 7) is 6.19. The van der Waals surface area contributed by atoms with Crippen molar-refractivity contribution in [1.29, 1.82) is 0 Å². The number of carboxylic acids is 1. The van der Waals surface area contributed by atoms with Gasteiger partial charge in [0, 0.05) is 94.0 Å². The minimum absolute atomic E-state index is 0.0166. The number of phenolic OH excluding ortho intramolecular Hbond substituents is 2. The Bertz CT molecular complexity index is 5140. The maximum atomic E-state index is 15.5. The number of carbonyl (C=O) groups is 16. The van der Waals surface area contributed by atoms with Gasteiger partial charge >= 0.3 is 5.97 Å². The summed E-state index contributed by atoms with van der Waals surface area (Å²) in [5, 5.41) is 52.4. The van der Waals surface area contributed by atoms with Crippen LogP contribution in [0.1, 0.15) is 93.2 Å². The number of primary amides is 1. The van der Waals surface area contributed by atoms with Crippen LogP contribution in [0.15, 0.2) is 170 Å². The lowest BCUT2D eigenvalue weighted by molar-refractivity contribution is -0.152. The molecule has 700 valence electrons. The maximum Gasteiger partial charge on any atom is 0.305 e. The molecule has 2 saturated heterocycles. The van der Waals surface area contributed by atoms with Gasteiger partial charge < -0.3 is 104 Å². The van der Waals surface area contributed by atoms with Gasteiger partial charge in [-0.25, -0.2) is 0 Å². The number of likely N-dealkylation sites (N-methyl/N-ethyl adjacent to an activating group) is 3. The third-order valence-electron chi connectivity index (χ3n) is 22.5. The fourth-order valence-electron chi connectivity index (χ4n) is 15.3. The van der Waals surface area contributed by atoms with E-state index in [1.54, 1.807) is 147 Å². The van der Waals surface area contributed by atoms with E-state index in [-0.39, 0.29) is 97.8 Å².